The summed E-state index contributed by atoms with van der Waals surface area (Å²) < 4.78 is 0. The highest BCUT2D eigenvalue weighted by molar-refractivity contribution is 5.96. The van der Waals surface area contributed by atoms with Crippen molar-refractivity contribution in [2.45, 2.75) is 74.8 Å². The number of nitrogens with zero attached hydrogens (tertiary/aromatic N) is 5. The molecule has 334 valence electrons. The number of aromatic amines is 4. The average molecular weight is 867 g/mol. The molecular weight excluding hydrogens is 817 g/mol. The zero-order valence-electron chi connectivity index (χ0n) is 33.2. The number of aliphatic carboxylic acids is 1. The Labute approximate surface area is 352 Å². The zero-order chi connectivity index (χ0) is 45.0. The van der Waals surface area contributed by atoms with Crippen LogP contribution in [0.5, 0.6) is 0 Å². The third kappa shape index (κ3) is 15.5. The van der Waals surface area contributed by atoms with Crippen LogP contribution in [0.1, 0.15) is 35.6 Å². The number of rotatable bonds is 26. The Balaban J connectivity index is 1.47. The molecule has 6 amide bonds. The molecule has 0 radical (unpaired) electrons. The second-order valence-corrected chi connectivity index (χ2v) is 13.8. The van der Waals surface area contributed by atoms with E-state index in [1.807, 2.05) is 0 Å². The topological polar surface area (TPSA) is 437 Å². The number of imidazole rings is 4. The molecule has 27 nitrogen and oxygen atoms in total. The maximum Gasteiger partial charge on any atom is 0.326 e. The molecule has 0 aliphatic carbocycles. The van der Waals surface area contributed by atoms with E-state index >= 15 is 0 Å². The molecule has 0 spiro atoms. The number of carbonyl (C=O) groups excluding carboxylic acids is 6. The number of carboxylic acids is 1. The molecule has 4 heterocycles. The van der Waals surface area contributed by atoms with Crippen LogP contribution in [-0.4, -0.2) is 153 Å². The SMILES string of the molecule is NC(N)=NCCCC(N)C(=O)NCC(=O)NC(CO)C(=O)NC(Cc1cnc[nH]1)C(=O)NC(Cc1cnc[nH]1)C(=O)NC(Cc1cnc[nH]1)C(=O)NC(Cc1cnc[nH]1)C(=O)O. The summed E-state index contributed by atoms with van der Waals surface area (Å²) in [6.45, 7) is -1.28. The quantitative estimate of drug-likeness (QED) is 0.0159. The largest absolute Gasteiger partial charge is 0.480 e. The minimum absolute atomic E-state index is 0.111. The van der Waals surface area contributed by atoms with Crippen molar-refractivity contribution < 1.29 is 43.8 Å². The van der Waals surface area contributed by atoms with Crippen LogP contribution in [-0.2, 0) is 59.2 Å². The van der Waals surface area contributed by atoms with Crippen LogP contribution < -0.4 is 49.1 Å². The molecule has 0 bridgehead atoms. The second kappa shape index (κ2) is 23.8. The molecular formula is C35H50N18O9. The van der Waals surface area contributed by atoms with Crippen LogP contribution in [0.4, 0.5) is 0 Å². The predicted octanol–water partition coefficient (Wildman–Crippen LogP) is -6.15. The maximum atomic E-state index is 14.1. The molecule has 27 heteroatoms. The number of aliphatic imine (C=N–C) groups is 1. The van der Waals surface area contributed by atoms with Gasteiger partial charge in [0.25, 0.3) is 0 Å². The number of hydrogen-bond donors (Lipinski definition) is 15. The molecule has 18 N–H and O–H groups in total. The number of amides is 6. The molecule has 0 aliphatic rings. The molecule has 0 saturated heterocycles. The van der Waals surface area contributed by atoms with E-state index in [0.717, 1.165) is 0 Å². The van der Waals surface area contributed by atoms with Crippen molar-refractivity contribution in [2.24, 2.45) is 22.2 Å². The lowest BCUT2D eigenvalue weighted by atomic mass is 10.1. The number of carbonyl (C=O) groups is 7. The van der Waals surface area contributed by atoms with Gasteiger partial charge in [-0.2, -0.15) is 0 Å². The van der Waals surface area contributed by atoms with Crippen LogP contribution in [0.15, 0.2) is 55.1 Å². The summed E-state index contributed by atoms with van der Waals surface area (Å²) in [5.74, 6) is -6.64. The Morgan fingerprint density at radius 3 is 1.34 bits per heavy atom. The Bertz CT molecular complexity index is 2070. The number of aromatic nitrogens is 8. The van der Waals surface area contributed by atoms with E-state index in [1.54, 1.807) is 0 Å². The first-order valence-electron chi connectivity index (χ1n) is 19.0. The van der Waals surface area contributed by atoms with Crippen LogP contribution in [0.2, 0.25) is 0 Å². The maximum absolute atomic E-state index is 14.1. The van der Waals surface area contributed by atoms with Gasteiger partial charge in [0.2, 0.25) is 35.4 Å². The first kappa shape index (κ1) is 47.0. The van der Waals surface area contributed by atoms with Gasteiger partial charge in [0.1, 0.15) is 30.2 Å². The molecule has 0 saturated carbocycles. The fraction of sp³-hybridized carbons (Fsp3) is 0.429. The van der Waals surface area contributed by atoms with Gasteiger partial charge in [0.05, 0.1) is 44.5 Å². The number of H-pyrrole nitrogens is 4. The summed E-state index contributed by atoms with van der Waals surface area (Å²) in [6.07, 6.45) is 10.8. The van der Waals surface area contributed by atoms with E-state index in [-0.39, 0.29) is 44.6 Å². The molecule has 0 aliphatic heterocycles. The van der Waals surface area contributed by atoms with Gasteiger partial charge in [-0.25, -0.2) is 24.7 Å². The monoisotopic (exact) mass is 866 g/mol. The fourth-order valence-electron chi connectivity index (χ4n) is 5.77. The van der Waals surface area contributed by atoms with Crippen molar-refractivity contribution in [3.8, 4) is 0 Å². The van der Waals surface area contributed by atoms with Gasteiger partial charge in [-0.15, -0.1) is 0 Å². The number of carboxylic acid groups (broad SMARTS) is 1. The molecule has 4 aromatic heterocycles. The second-order valence-electron chi connectivity index (χ2n) is 13.8. The van der Waals surface area contributed by atoms with Crippen LogP contribution in [0.3, 0.4) is 0 Å². The molecule has 4 rings (SSSR count). The van der Waals surface area contributed by atoms with E-state index in [9.17, 15) is 43.8 Å². The average Bonchev–Trinajstić information content (AvgIpc) is 4.10. The zero-order valence-corrected chi connectivity index (χ0v) is 33.2. The predicted molar refractivity (Wildman–Crippen MR) is 214 cm³/mol. The van der Waals surface area contributed by atoms with Gasteiger partial charge in [0, 0.05) is 79.8 Å². The standard InChI is InChI=1S/C35H50N18O9/c36-22(2-1-3-43-35(37)38)29(56)44-12-28(55)49-27(13-54)33(60)52-24(5-19-9-40-15-46-19)31(58)50-23(4-18-8-39-14-45-18)30(57)51-25(6-20-10-41-16-47-20)32(59)53-26(34(61)62)7-21-11-42-17-48-21/h8-11,14-17,22-27,54H,1-7,12-13,36H2,(H,39,45)(H,40,46)(H,41,47)(H,42,48)(H,44,56)(H,49,55)(H,50,58)(H,51,57)(H,52,60)(H,53,59)(H,61,62)(H4,37,38,43). The summed E-state index contributed by atoms with van der Waals surface area (Å²) in [5.41, 5.74) is 18.0. The molecule has 4 aromatic rings. The van der Waals surface area contributed by atoms with E-state index < -0.39 is 90.8 Å². The smallest absolute Gasteiger partial charge is 0.326 e. The van der Waals surface area contributed by atoms with Crippen molar-refractivity contribution in [3.63, 3.8) is 0 Å². The minimum atomic E-state index is -1.60. The summed E-state index contributed by atoms with van der Waals surface area (Å²) in [6, 6.07) is -8.28. The lowest BCUT2D eigenvalue weighted by Gasteiger charge is -2.26. The summed E-state index contributed by atoms with van der Waals surface area (Å²) >= 11 is 0. The van der Waals surface area contributed by atoms with Crippen molar-refractivity contribution in [1.82, 2.24) is 71.8 Å². The summed E-state index contributed by atoms with van der Waals surface area (Å²) in [7, 11) is 0. The summed E-state index contributed by atoms with van der Waals surface area (Å²) in [4.78, 5) is 123. The highest BCUT2D eigenvalue weighted by Gasteiger charge is 2.34. The van der Waals surface area contributed by atoms with Gasteiger partial charge in [-0.05, 0) is 12.8 Å². The van der Waals surface area contributed by atoms with E-state index in [4.69, 9.17) is 17.2 Å². The number of nitrogens with two attached hydrogens (primary N) is 3. The molecule has 62 heavy (non-hydrogen) atoms. The third-order valence-corrected chi connectivity index (χ3v) is 8.99. The number of guanidine groups is 1. The summed E-state index contributed by atoms with van der Waals surface area (Å²) in [5, 5.41) is 34.6. The first-order valence-corrected chi connectivity index (χ1v) is 19.0. The van der Waals surface area contributed by atoms with Crippen molar-refractivity contribution >= 4 is 47.4 Å². The van der Waals surface area contributed by atoms with E-state index in [2.05, 4.69) is 76.8 Å². The van der Waals surface area contributed by atoms with E-state index in [0.29, 0.717) is 29.2 Å². The molecule has 6 atom stereocenters. The third-order valence-electron chi connectivity index (χ3n) is 8.99. The molecule has 0 aromatic carbocycles. The molecule has 6 unspecified atom stereocenters. The normalized spacial score (nSPS) is 13.8. The highest BCUT2D eigenvalue weighted by atomic mass is 16.4. The van der Waals surface area contributed by atoms with Crippen LogP contribution in [0.25, 0.3) is 0 Å². The number of nitrogens with one attached hydrogen (secondary N) is 10. The van der Waals surface area contributed by atoms with Gasteiger partial charge < -0.3 is 79.3 Å². The van der Waals surface area contributed by atoms with Gasteiger partial charge in [-0.1, -0.05) is 0 Å². The van der Waals surface area contributed by atoms with Crippen LogP contribution in [0, 0.1) is 0 Å². The number of aliphatic hydroxyl groups excluding tert-OH is 1. The van der Waals surface area contributed by atoms with Crippen LogP contribution >= 0.6 is 0 Å². The number of hydrogen-bond acceptors (Lipinski definition) is 14. The Morgan fingerprint density at radius 1 is 0.597 bits per heavy atom. The van der Waals surface area contributed by atoms with Crippen molar-refractivity contribution in [2.75, 3.05) is 19.7 Å². The molecule has 0 fully saturated rings. The van der Waals surface area contributed by atoms with Gasteiger partial charge in [-0.3, -0.25) is 33.8 Å². The lowest BCUT2D eigenvalue weighted by Crippen LogP contribution is -2.60. The van der Waals surface area contributed by atoms with Crippen molar-refractivity contribution in [3.05, 3.63) is 72.9 Å². The van der Waals surface area contributed by atoms with Crippen molar-refractivity contribution in [1.29, 1.82) is 0 Å². The highest BCUT2D eigenvalue weighted by Crippen LogP contribution is 2.08. The van der Waals surface area contributed by atoms with Gasteiger partial charge in [0.15, 0.2) is 5.96 Å². The van der Waals surface area contributed by atoms with Gasteiger partial charge >= 0.3 is 5.97 Å². The van der Waals surface area contributed by atoms with E-state index in [1.165, 1.54) is 50.1 Å². The number of aliphatic hydroxyl groups is 1. The Hall–Kier alpha value is -7.68. The lowest BCUT2D eigenvalue weighted by molar-refractivity contribution is -0.142. The minimum Gasteiger partial charge on any atom is -0.480 e. The Morgan fingerprint density at radius 2 is 0.984 bits per heavy atom. The first-order chi connectivity index (χ1) is 29.7. The Kier molecular flexibility index (Phi) is 18.0. The fourth-order valence-corrected chi connectivity index (χ4v) is 5.77.